The highest BCUT2D eigenvalue weighted by atomic mass is 14.8. The molecule has 3 nitrogen and oxygen atoms in total. The minimum Gasteiger partial charge on any atom is -0.236 e. The number of nitriles is 1. The smallest absolute Gasteiger partial charge is 0.144 e. The number of nitrogens with zero attached hydrogens (tertiary/aromatic N) is 3. The summed E-state index contributed by atoms with van der Waals surface area (Å²) in [6.07, 6.45) is 1.41. The van der Waals surface area contributed by atoms with Crippen LogP contribution < -0.4 is 0 Å². The number of hydrogen-bond acceptors (Lipinski definition) is 3. The molecule has 15 heavy (non-hydrogen) atoms. The highest BCUT2D eigenvalue weighted by Crippen LogP contribution is 2.16. The van der Waals surface area contributed by atoms with Crippen molar-refractivity contribution in [3.63, 3.8) is 0 Å². The summed E-state index contributed by atoms with van der Waals surface area (Å²) in [5, 5.41) is 8.71. The van der Waals surface area contributed by atoms with Gasteiger partial charge >= 0.3 is 0 Å². The lowest BCUT2D eigenvalue weighted by Crippen LogP contribution is -1.88. The molecule has 0 amide bonds. The Morgan fingerprint density at radius 1 is 1.13 bits per heavy atom. The zero-order valence-corrected chi connectivity index (χ0v) is 8.31. The molecule has 0 aliphatic carbocycles. The summed E-state index contributed by atoms with van der Waals surface area (Å²) in [7, 11) is 0. The maximum Gasteiger partial charge on any atom is 0.144 e. The summed E-state index contributed by atoms with van der Waals surface area (Å²) in [6.45, 7) is 2.03. The van der Waals surface area contributed by atoms with E-state index in [0.717, 1.165) is 11.3 Å². The fourth-order valence-electron chi connectivity index (χ4n) is 1.30. The Kier molecular flexibility index (Phi) is 2.42. The zero-order chi connectivity index (χ0) is 10.7. The van der Waals surface area contributed by atoms with E-state index in [1.807, 2.05) is 37.3 Å². The molecule has 2 aromatic rings. The van der Waals surface area contributed by atoms with Gasteiger partial charge in [-0.3, -0.25) is 0 Å². The molecule has 0 saturated heterocycles. The first kappa shape index (κ1) is 9.35. The average Bonchev–Trinajstić information content (AvgIpc) is 2.30. The minimum absolute atomic E-state index is 0.389. The van der Waals surface area contributed by atoms with Crippen molar-refractivity contribution in [1.29, 1.82) is 5.26 Å². The molecular formula is C12H9N3. The van der Waals surface area contributed by atoms with Crippen LogP contribution in [0.25, 0.3) is 11.3 Å². The molecule has 0 aliphatic heterocycles. The molecule has 72 valence electrons. The molecule has 0 fully saturated rings. The van der Waals surface area contributed by atoms with E-state index in [4.69, 9.17) is 5.26 Å². The molecule has 1 aromatic carbocycles. The standard InChI is InChI=1S/C12H9N3/c1-9-2-4-10(5-3-9)12-6-11(7-13)14-8-15-12/h2-6,8H,1H3. The van der Waals surface area contributed by atoms with Crippen molar-refractivity contribution in [3.05, 3.63) is 47.9 Å². The molecule has 0 radical (unpaired) electrons. The molecule has 0 aliphatic rings. The van der Waals surface area contributed by atoms with E-state index in [2.05, 4.69) is 9.97 Å². The Bertz CT molecular complexity index is 509. The number of aryl methyl sites for hydroxylation is 1. The van der Waals surface area contributed by atoms with Crippen molar-refractivity contribution < 1.29 is 0 Å². The molecule has 0 bridgehead atoms. The van der Waals surface area contributed by atoms with Gasteiger partial charge in [0.25, 0.3) is 0 Å². The van der Waals surface area contributed by atoms with Crippen LogP contribution in [0.2, 0.25) is 0 Å². The van der Waals surface area contributed by atoms with Gasteiger partial charge in [0, 0.05) is 11.6 Å². The van der Waals surface area contributed by atoms with Crippen molar-refractivity contribution in [2.24, 2.45) is 0 Å². The number of aromatic nitrogens is 2. The molecule has 0 unspecified atom stereocenters. The first-order valence-corrected chi connectivity index (χ1v) is 4.59. The largest absolute Gasteiger partial charge is 0.236 e. The van der Waals surface area contributed by atoms with Gasteiger partial charge < -0.3 is 0 Å². The normalized spacial score (nSPS) is 9.60. The van der Waals surface area contributed by atoms with E-state index in [0.29, 0.717) is 5.69 Å². The molecule has 0 spiro atoms. The van der Waals surface area contributed by atoms with Gasteiger partial charge in [0.1, 0.15) is 18.1 Å². The summed E-state index contributed by atoms with van der Waals surface area (Å²) in [5.74, 6) is 0. The van der Waals surface area contributed by atoms with Crippen LogP contribution in [0.3, 0.4) is 0 Å². The summed E-state index contributed by atoms with van der Waals surface area (Å²) < 4.78 is 0. The number of benzene rings is 1. The molecule has 2 rings (SSSR count). The third kappa shape index (κ3) is 2.00. The van der Waals surface area contributed by atoms with Crippen molar-refractivity contribution in [1.82, 2.24) is 9.97 Å². The van der Waals surface area contributed by atoms with Crippen LogP contribution in [0.5, 0.6) is 0 Å². The van der Waals surface area contributed by atoms with Gasteiger partial charge in [0.2, 0.25) is 0 Å². The fourth-order valence-corrected chi connectivity index (χ4v) is 1.30. The Labute approximate surface area is 88.1 Å². The first-order chi connectivity index (χ1) is 7.29. The van der Waals surface area contributed by atoms with E-state index >= 15 is 0 Å². The average molecular weight is 195 g/mol. The Morgan fingerprint density at radius 3 is 2.53 bits per heavy atom. The Hall–Kier alpha value is -2.21. The van der Waals surface area contributed by atoms with Crippen molar-refractivity contribution >= 4 is 0 Å². The van der Waals surface area contributed by atoms with Crippen LogP contribution in [0, 0.1) is 18.3 Å². The summed E-state index contributed by atoms with van der Waals surface area (Å²) in [6, 6.07) is 11.7. The van der Waals surface area contributed by atoms with Crippen LogP contribution in [0.4, 0.5) is 0 Å². The molecule has 0 saturated carbocycles. The summed E-state index contributed by atoms with van der Waals surface area (Å²) >= 11 is 0. The van der Waals surface area contributed by atoms with Crippen LogP contribution >= 0.6 is 0 Å². The molecular weight excluding hydrogens is 186 g/mol. The van der Waals surface area contributed by atoms with Gasteiger partial charge in [-0.1, -0.05) is 29.8 Å². The monoisotopic (exact) mass is 195 g/mol. The van der Waals surface area contributed by atoms with Crippen molar-refractivity contribution in [2.45, 2.75) is 6.92 Å². The number of rotatable bonds is 1. The van der Waals surface area contributed by atoms with Gasteiger partial charge in [0.15, 0.2) is 0 Å². The fraction of sp³-hybridized carbons (Fsp3) is 0.0833. The van der Waals surface area contributed by atoms with Crippen LogP contribution in [-0.4, -0.2) is 9.97 Å². The molecule has 3 heteroatoms. The maximum absolute atomic E-state index is 8.71. The van der Waals surface area contributed by atoms with Gasteiger partial charge in [-0.25, -0.2) is 9.97 Å². The second kappa shape index (κ2) is 3.89. The van der Waals surface area contributed by atoms with Crippen LogP contribution in [-0.2, 0) is 0 Å². The highest BCUT2D eigenvalue weighted by Gasteiger charge is 2.00. The van der Waals surface area contributed by atoms with Crippen LogP contribution in [0.1, 0.15) is 11.3 Å². The summed E-state index contributed by atoms with van der Waals surface area (Å²) in [4.78, 5) is 7.95. The van der Waals surface area contributed by atoms with E-state index in [9.17, 15) is 0 Å². The molecule has 1 heterocycles. The summed E-state index contributed by atoms with van der Waals surface area (Å²) in [5.41, 5.74) is 3.37. The molecule has 0 N–H and O–H groups in total. The van der Waals surface area contributed by atoms with E-state index in [1.165, 1.54) is 11.9 Å². The molecule has 1 aromatic heterocycles. The quantitative estimate of drug-likeness (QED) is 0.701. The number of hydrogen-bond donors (Lipinski definition) is 0. The minimum atomic E-state index is 0.389. The zero-order valence-electron chi connectivity index (χ0n) is 8.31. The highest BCUT2D eigenvalue weighted by molar-refractivity contribution is 5.60. The second-order valence-electron chi connectivity index (χ2n) is 3.27. The predicted molar refractivity (Wildman–Crippen MR) is 56.9 cm³/mol. The first-order valence-electron chi connectivity index (χ1n) is 4.59. The predicted octanol–water partition coefficient (Wildman–Crippen LogP) is 2.32. The SMILES string of the molecule is Cc1ccc(-c2cc(C#N)ncn2)cc1. The lowest BCUT2D eigenvalue weighted by atomic mass is 10.1. The van der Waals surface area contributed by atoms with Crippen LogP contribution in [0.15, 0.2) is 36.7 Å². The van der Waals surface area contributed by atoms with E-state index in [-0.39, 0.29) is 0 Å². The van der Waals surface area contributed by atoms with Gasteiger partial charge in [-0.2, -0.15) is 5.26 Å². The second-order valence-corrected chi connectivity index (χ2v) is 3.27. The van der Waals surface area contributed by atoms with Gasteiger partial charge in [-0.15, -0.1) is 0 Å². The van der Waals surface area contributed by atoms with Gasteiger partial charge in [0.05, 0.1) is 5.69 Å². The maximum atomic E-state index is 8.71. The van der Waals surface area contributed by atoms with Crippen molar-refractivity contribution in [2.75, 3.05) is 0 Å². The van der Waals surface area contributed by atoms with E-state index in [1.54, 1.807) is 6.07 Å². The molecule has 0 atom stereocenters. The Balaban J connectivity index is 2.46. The van der Waals surface area contributed by atoms with Crippen molar-refractivity contribution in [3.8, 4) is 17.3 Å². The topological polar surface area (TPSA) is 49.6 Å². The Morgan fingerprint density at radius 2 is 1.87 bits per heavy atom. The third-order valence-corrected chi connectivity index (χ3v) is 2.13. The lowest BCUT2D eigenvalue weighted by molar-refractivity contribution is 1.14. The lowest BCUT2D eigenvalue weighted by Gasteiger charge is -2.00. The third-order valence-electron chi connectivity index (χ3n) is 2.13. The van der Waals surface area contributed by atoms with Gasteiger partial charge in [-0.05, 0) is 6.92 Å². The van der Waals surface area contributed by atoms with E-state index < -0.39 is 0 Å².